The second-order valence-corrected chi connectivity index (χ2v) is 7.28. The van der Waals surface area contributed by atoms with E-state index in [0.717, 1.165) is 31.5 Å². The molecule has 3 aliphatic heterocycles. The number of nitrogens with one attached hydrogen (secondary N) is 3. The molecule has 3 rings (SSSR count). The van der Waals surface area contributed by atoms with E-state index in [1.165, 1.54) is 71.1 Å². The van der Waals surface area contributed by atoms with Crippen molar-refractivity contribution in [2.24, 2.45) is 11.8 Å². The lowest BCUT2D eigenvalue weighted by molar-refractivity contribution is 0.0969. The largest absolute Gasteiger partial charge is 0.317 e. The zero-order chi connectivity index (χ0) is 14.3. The molecule has 0 aromatic rings. The summed E-state index contributed by atoms with van der Waals surface area (Å²) in [7, 11) is 0. The molecule has 0 saturated carbocycles. The SMILES string of the molecule is C(CC1CCNCC1)CC1CCN(C2CNCCN2)CC1. The molecular weight excluding hydrogens is 260 g/mol. The summed E-state index contributed by atoms with van der Waals surface area (Å²) in [5, 5.41) is 10.6. The van der Waals surface area contributed by atoms with Crippen LogP contribution in [0.25, 0.3) is 0 Å². The first kappa shape index (κ1) is 15.7. The van der Waals surface area contributed by atoms with Gasteiger partial charge in [0, 0.05) is 19.6 Å². The highest BCUT2D eigenvalue weighted by molar-refractivity contribution is 4.81. The minimum absolute atomic E-state index is 0.592. The first-order chi connectivity index (χ1) is 10.4. The van der Waals surface area contributed by atoms with Crippen molar-refractivity contribution in [1.29, 1.82) is 0 Å². The van der Waals surface area contributed by atoms with Crippen molar-refractivity contribution in [1.82, 2.24) is 20.9 Å². The third kappa shape index (κ3) is 4.92. The number of nitrogens with zero attached hydrogens (tertiary/aromatic N) is 1. The van der Waals surface area contributed by atoms with Crippen LogP contribution in [-0.4, -0.2) is 56.9 Å². The number of hydrogen-bond acceptors (Lipinski definition) is 4. The van der Waals surface area contributed by atoms with Crippen molar-refractivity contribution in [2.75, 3.05) is 45.8 Å². The van der Waals surface area contributed by atoms with Crippen LogP contribution >= 0.6 is 0 Å². The Morgan fingerprint density at radius 1 is 0.762 bits per heavy atom. The van der Waals surface area contributed by atoms with Gasteiger partial charge in [-0.1, -0.05) is 19.3 Å². The maximum absolute atomic E-state index is 3.65. The number of rotatable bonds is 5. The summed E-state index contributed by atoms with van der Waals surface area (Å²) < 4.78 is 0. The highest BCUT2D eigenvalue weighted by Crippen LogP contribution is 2.26. The smallest absolute Gasteiger partial charge is 0.0726 e. The van der Waals surface area contributed by atoms with Gasteiger partial charge in [-0.2, -0.15) is 0 Å². The van der Waals surface area contributed by atoms with Crippen molar-refractivity contribution in [3.63, 3.8) is 0 Å². The fourth-order valence-electron chi connectivity index (χ4n) is 4.32. The molecule has 122 valence electrons. The Hall–Kier alpha value is -0.160. The average molecular weight is 294 g/mol. The molecule has 0 amide bonds. The van der Waals surface area contributed by atoms with Crippen molar-refractivity contribution in [3.05, 3.63) is 0 Å². The minimum Gasteiger partial charge on any atom is -0.317 e. The molecule has 21 heavy (non-hydrogen) atoms. The highest BCUT2D eigenvalue weighted by atomic mass is 15.3. The molecule has 3 aliphatic rings. The van der Waals surface area contributed by atoms with Gasteiger partial charge in [-0.25, -0.2) is 0 Å². The van der Waals surface area contributed by atoms with Crippen molar-refractivity contribution in [3.8, 4) is 0 Å². The van der Waals surface area contributed by atoms with Crippen LogP contribution in [0.15, 0.2) is 0 Å². The van der Waals surface area contributed by atoms with Crippen LogP contribution in [-0.2, 0) is 0 Å². The Morgan fingerprint density at radius 2 is 1.48 bits per heavy atom. The van der Waals surface area contributed by atoms with Gasteiger partial charge in [0.15, 0.2) is 0 Å². The van der Waals surface area contributed by atoms with E-state index >= 15 is 0 Å². The van der Waals surface area contributed by atoms with Gasteiger partial charge in [0.2, 0.25) is 0 Å². The molecule has 3 N–H and O–H groups in total. The lowest BCUT2D eigenvalue weighted by Crippen LogP contribution is -2.58. The van der Waals surface area contributed by atoms with Crippen LogP contribution in [0.4, 0.5) is 0 Å². The first-order valence-electron chi connectivity index (χ1n) is 9.30. The van der Waals surface area contributed by atoms with E-state index in [4.69, 9.17) is 0 Å². The van der Waals surface area contributed by atoms with E-state index in [2.05, 4.69) is 20.9 Å². The predicted octanol–water partition coefficient (Wildman–Crippen LogP) is 1.39. The molecule has 1 atom stereocenters. The third-order valence-electron chi connectivity index (χ3n) is 5.79. The Morgan fingerprint density at radius 3 is 2.14 bits per heavy atom. The van der Waals surface area contributed by atoms with Gasteiger partial charge in [-0.05, 0) is 63.7 Å². The highest BCUT2D eigenvalue weighted by Gasteiger charge is 2.25. The van der Waals surface area contributed by atoms with Gasteiger partial charge in [0.25, 0.3) is 0 Å². The van der Waals surface area contributed by atoms with E-state index in [0.29, 0.717) is 6.17 Å². The van der Waals surface area contributed by atoms with Crippen molar-refractivity contribution < 1.29 is 0 Å². The molecule has 3 fully saturated rings. The fourth-order valence-corrected chi connectivity index (χ4v) is 4.32. The summed E-state index contributed by atoms with van der Waals surface area (Å²) in [4.78, 5) is 2.66. The molecular formula is C17H34N4. The van der Waals surface area contributed by atoms with Gasteiger partial charge in [-0.3, -0.25) is 10.2 Å². The predicted molar refractivity (Wildman–Crippen MR) is 88.4 cm³/mol. The second kappa shape index (κ2) is 8.47. The Labute approximate surface area is 130 Å². The van der Waals surface area contributed by atoms with Crippen LogP contribution in [0, 0.1) is 11.8 Å². The summed E-state index contributed by atoms with van der Waals surface area (Å²) in [5.41, 5.74) is 0. The lowest BCUT2D eigenvalue weighted by Gasteiger charge is -2.40. The zero-order valence-electron chi connectivity index (χ0n) is 13.6. The van der Waals surface area contributed by atoms with E-state index in [9.17, 15) is 0 Å². The molecule has 0 aromatic heterocycles. The second-order valence-electron chi connectivity index (χ2n) is 7.28. The molecule has 0 aromatic carbocycles. The van der Waals surface area contributed by atoms with Crippen molar-refractivity contribution >= 4 is 0 Å². The van der Waals surface area contributed by atoms with Gasteiger partial charge < -0.3 is 10.6 Å². The molecule has 0 spiro atoms. The molecule has 4 heteroatoms. The van der Waals surface area contributed by atoms with Crippen LogP contribution in [0.1, 0.15) is 44.9 Å². The normalized spacial score (nSPS) is 30.6. The molecule has 3 heterocycles. The number of piperidine rings is 2. The minimum atomic E-state index is 0.592. The maximum Gasteiger partial charge on any atom is 0.0726 e. The molecule has 1 unspecified atom stereocenters. The van der Waals surface area contributed by atoms with E-state index < -0.39 is 0 Å². The zero-order valence-corrected chi connectivity index (χ0v) is 13.6. The van der Waals surface area contributed by atoms with Gasteiger partial charge >= 0.3 is 0 Å². The Bertz CT molecular complexity index is 274. The van der Waals surface area contributed by atoms with Crippen LogP contribution in [0.5, 0.6) is 0 Å². The summed E-state index contributed by atoms with van der Waals surface area (Å²) >= 11 is 0. The fraction of sp³-hybridized carbons (Fsp3) is 1.00. The topological polar surface area (TPSA) is 39.3 Å². The molecule has 0 radical (unpaired) electrons. The standard InChI is InChI=1S/C17H34N4/c1(2-15-4-8-18-9-5-15)3-16-6-12-21(13-7-16)17-14-19-10-11-20-17/h15-20H,1-14H2. The Kier molecular flexibility index (Phi) is 6.34. The number of likely N-dealkylation sites (tertiary alicyclic amines) is 1. The molecule has 0 bridgehead atoms. The molecule has 3 saturated heterocycles. The summed E-state index contributed by atoms with van der Waals surface area (Å²) in [6.45, 7) is 8.50. The van der Waals surface area contributed by atoms with Gasteiger partial charge in [0.05, 0.1) is 6.17 Å². The summed E-state index contributed by atoms with van der Waals surface area (Å²) in [5.74, 6) is 2.02. The van der Waals surface area contributed by atoms with Gasteiger partial charge in [0.1, 0.15) is 0 Å². The number of piperazine rings is 1. The van der Waals surface area contributed by atoms with Crippen molar-refractivity contribution in [2.45, 2.75) is 51.1 Å². The van der Waals surface area contributed by atoms with Gasteiger partial charge in [-0.15, -0.1) is 0 Å². The molecule has 0 aliphatic carbocycles. The monoisotopic (exact) mass is 294 g/mol. The maximum atomic E-state index is 3.65. The van der Waals surface area contributed by atoms with Crippen LogP contribution in [0.2, 0.25) is 0 Å². The van der Waals surface area contributed by atoms with E-state index in [1.807, 2.05) is 0 Å². The lowest BCUT2D eigenvalue weighted by atomic mass is 9.87. The summed E-state index contributed by atoms with van der Waals surface area (Å²) in [6, 6.07) is 0. The Balaban J connectivity index is 1.28. The summed E-state index contributed by atoms with van der Waals surface area (Å²) in [6.07, 6.45) is 10.7. The van der Waals surface area contributed by atoms with E-state index in [1.54, 1.807) is 0 Å². The average Bonchev–Trinajstić information content (AvgIpc) is 2.57. The van der Waals surface area contributed by atoms with Crippen LogP contribution in [0.3, 0.4) is 0 Å². The number of hydrogen-bond donors (Lipinski definition) is 3. The van der Waals surface area contributed by atoms with E-state index in [-0.39, 0.29) is 0 Å². The molecule has 4 nitrogen and oxygen atoms in total. The third-order valence-corrected chi connectivity index (χ3v) is 5.79. The first-order valence-corrected chi connectivity index (χ1v) is 9.30. The van der Waals surface area contributed by atoms with Crippen LogP contribution < -0.4 is 16.0 Å². The quantitative estimate of drug-likeness (QED) is 0.716.